The lowest BCUT2D eigenvalue weighted by Crippen LogP contribution is -2.47. The Bertz CT molecular complexity index is 872. The quantitative estimate of drug-likeness (QED) is 0.426. The van der Waals surface area contributed by atoms with Gasteiger partial charge in [-0.05, 0) is 54.5 Å². The smallest absolute Gasteiger partial charge is 0.340 e. The van der Waals surface area contributed by atoms with Gasteiger partial charge in [0.05, 0.1) is 20.3 Å². The van der Waals surface area contributed by atoms with Crippen LogP contribution in [-0.2, 0) is 23.9 Å². The van der Waals surface area contributed by atoms with E-state index in [-0.39, 0.29) is 13.2 Å². The molecule has 7 heteroatoms. The van der Waals surface area contributed by atoms with Crippen LogP contribution >= 0.6 is 0 Å². The van der Waals surface area contributed by atoms with Gasteiger partial charge in [-0.2, -0.15) is 0 Å². The fourth-order valence-corrected chi connectivity index (χ4v) is 2.50. The number of amides is 1. The fourth-order valence-electron chi connectivity index (χ4n) is 2.50. The maximum absolute atomic E-state index is 12.2. The molecule has 0 aliphatic rings. The number of methoxy groups -OCH3 is 1. The molecule has 148 valence electrons. The van der Waals surface area contributed by atoms with Gasteiger partial charge in [0.1, 0.15) is 5.75 Å². The lowest BCUT2D eigenvalue weighted by Gasteiger charge is -2.14. The maximum atomic E-state index is 12.2. The minimum Gasteiger partial charge on any atom is -0.497 e. The molecule has 0 radical (unpaired) electrons. The topological polar surface area (TPSA) is 90.9 Å². The second-order valence-electron chi connectivity index (χ2n) is 5.75. The number of benzene rings is 2. The molecule has 1 N–H and O–H groups in total. The van der Waals surface area contributed by atoms with Gasteiger partial charge >= 0.3 is 11.9 Å². The molecule has 0 aromatic heterocycles. The number of esters is 2. The number of fused-ring (bicyclic) bond motifs is 1. The predicted molar refractivity (Wildman–Crippen MR) is 105 cm³/mol. The summed E-state index contributed by atoms with van der Waals surface area (Å²) < 4.78 is 14.8. The highest BCUT2D eigenvalue weighted by Crippen LogP contribution is 2.22. The van der Waals surface area contributed by atoms with E-state index in [2.05, 4.69) is 5.32 Å². The molecule has 0 unspecified atom stereocenters. The van der Waals surface area contributed by atoms with Crippen molar-refractivity contribution in [3.8, 4) is 5.75 Å². The highest BCUT2D eigenvalue weighted by atomic mass is 16.6. The molecule has 0 heterocycles. The van der Waals surface area contributed by atoms with Gasteiger partial charge in [-0.3, -0.25) is 4.79 Å². The van der Waals surface area contributed by atoms with Gasteiger partial charge < -0.3 is 19.5 Å². The van der Waals surface area contributed by atoms with Gasteiger partial charge in [0.25, 0.3) is 0 Å². The zero-order chi connectivity index (χ0) is 20.5. The molecule has 7 nitrogen and oxygen atoms in total. The number of carbonyl (C=O) groups excluding carboxylic acids is 3. The third-order valence-electron chi connectivity index (χ3n) is 3.83. The third kappa shape index (κ3) is 5.57. The number of nitrogens with one attached hydrogen (secondary N) is 1. The molecule has 0 spiro atoms. The third-order valence-corrected chi connectivity index (χ3v) is 3.83. The lowest BCUT2D eigenvalue weighted by molar-refractivity contribution is -0.159. The van der Waals surface area contributed by atoms with Gasteiger partial charge in [0.15, 0.2) is 0 Å². The Morgan fingerprint density at radius 3 is 2.18 bits per heavy atom. The number of carbonyl (C=O) groups is 3. The van der Waals surface area contributed by atoms with Crippen molar-refractivity contribution in [1.29, 1.82) is 0 Å². The zero-order valence-electron chi connectivity index (χ0n) is 16.1. The highest BCUT2D eigenvalue weighted by Gasteiger charge is 2.30. The zero-order valence-corrected chi connectivity index (χ0v) is 16.1. The Balaban J connectivity index is 2.11. The molecule has 0 saturated heterocycles. The van der Waals surface area contributed by atoms with E-state index in [0.29, 0.717) is 0 Å². The molecular formula is C21H23NO6. The molecule has 0 bridgehead atoms. The van der Waals surface area contributed by atoms with Crippen LogP contribution in [-0.4, -0.2) is 44.2 Å². The van der Waals surface area contributed by atoms with Crippen LogP contribution in [0, 0.1) is 0 Å². The predicted octanol–water partition coefficient (Wildman–Crippen LogP) is 2.47. The Morgan fingerprint density at radius 1 is 0.964 bits per heavy atom. The van der Waals surface area contributed by atoms with Crippen molar-refractivity contribution in [1.82, 2.24) is 5.32 Å². The summed E-state index contributed by atoms with van der Waals surface area (Å²) in [5.74, 6) is -1.57. The van der Waals surface area contributed by atoms with Gasteiger partial charge in [-0.25, -0.2) is 9.59 Å². The second-order valence-corrected chi connectivity index (χ2v) is 5.75. The minimum absolute atomic E-state index is 0.0856. The summed E-state index contributed by atoms with van der Waals surface area (Å²) in [5, 5.41) is 4.31. The molecule has 0 fully saturated rings. The Hall–Kier alpha value is -3.35. The standard InChI is InChI=1S/C21H23NO6/c1-4-27-20(24)19(21(25)28-5-2)22-18(23)11-7-14-6-8-16-13-17(26-3)10-9-15(16)12-14/h6-13,19H,4-5H2,1-3H3,(H,22,23)/b11-7+. The van der Waals surface area contributed by atoms with Crippen molar-refractivity contribution in [2.24, 2.45) is 0 Å². The molecule has 0 aliphatic carbocycles. The van der Waals surface area contributed by atoms with Crippen LogP contribution in [0.15, 0.2) is 42.5 Å². The normalized spacial score (nSPS) is 10.9. The van der Waals surface area contributed by atoms with Gasteiger partial charge in [0, 0.05) is 6.08 Å². The SMILES string of the molecule is CCOC(=O)C(NC(=O)/C=C/c1ccc2cc(OC)ccc2c1)C(=O)OCC. The van der Waals surface area contributed by atoms with Crippen LogP contribution < -0.4 is 10.1 Å². The first-order valence-corrected chi connectivity index (χ1v) is 8.88. The molecule has 0 saturated carbocycles. The largest absolute Gasteiger partial charge is 0.497 e. The Labute approximate surface area is 163 Å². The average molecular weight is 385 g/mol. The van der Waals surface area contributed by atoms with Crippen LogP contribution in [0.25, 0.3) is 16.8 Å². The number of hydrogen-bond donors (Lipinski definition) is 1. The van der Waals surface area contributed by atoms with E-state index in [4.69, 9.17) is 14.2 Å². The minimum atomic E-state index is -1.50. The molecule has 0 aliphatic heterocycles. The first kappa shape index (κ1) is 21.0. The highest BCUT2D eigenvalue weighted by molar-refractivity contribution is 6.05. The molecule has 2 aromatic rings. The van der Waals surface area contributed by atoms with Gasteiger partial charge in [-0.15, -0.1) is 0 Å². The average Bonchev–Trinajstić information content (AvgIpc) is 2.70. The van der Waals surface area contributed by atoms with Crippen molar-refractivity contribution >= 4 is 34.7 Å². The van der Waals surface area contributed by atoms with E-state index in [9.17, 15) is 14.4 Å². The van der Waals surface area contributed by atoms with Gasteiger partial charge in [-0.1, -0.05) is 18.2 Å². The van der Waals surface area contributed by atoms with E-state index in [1.54, 1.807) is 27.0 Å². The van der Waals surface area contributed by atoms with E-state index in [1.165, 1.54) is 6.08 Å². The fraction of sp³-hybridized carbons (Fsp3) is 0.286. The maximum Gasteiger partial charge on any atom is 0.340 e. The van der Waals surface area contributed by atoms with Crippen molar-refractivity contribution in [3.05, 3.63) is 48.0 Å². The van der Waals surface area contributed by atoms with E-state index in [1.807, 2.05) is 36.4 Å². The summed E-state index contributed by atoms with van der Waals surface area (Å²) in [7, 11) is 1.61. The Morgan fingerprint density at radius 2 is 1.57 bits per heavy atom. The number of ether oxygens (including phenoxy) is 3. The first-order chi connectivity index (χ1) is 13.5. The molecule has 0 atom stereocenters. The molecule has 2 aromatic carbocycles. The Kier molecular flexibility index (Phi) is 7.56. The number of hydrogen-bond acceptors (Lipinski definition) is 6. The lowest BCUT2D eigenvalue weighted by atomic mass is 10.1. The van der Waals surface area contributed by atoms with Crippen molar-refractivity contribution in [3.63, 3.8) is 0 Å². The number of rotatable bonds is 8. The first-order valence-electron chi connectivity index (χ1n) is 8.88. The van der Waals surface area contributed by atoms with Crippen LogP contribution in [0.2, 0.25) is 0 Å². The molecular weight excluding hydrogens is 362 g/mol. The van der Waals surface area contributed by atoms with Crippen LogP contribution in [0.3, 0.4) is 0 Å². The monoisotopic (exact) mass is 385 g/mol. The molecule has 28 heavy (non-hydrogen) atoms. The summed E-state index contributed by atoms with van der Waals surface area (Å²) in [6.07, 6.45) is 2.84. The molecule has 1 amide bonds. The summed E-state index contributed by atoms with van der Waals surface area (Å²) in [6.45, 7) is 3.39. The second kappa shape index (κ2) is 10.1. The van der Waals surface area contributed by atoms with E-state index < -0.39 is 23.9 Å². The van der Waals surface area contributed by atoms with Crippen molar-refractivity contribution in [2.75, 3.05) is 20.3 Å². The summed E-state index contributed by atoms with van der Waals surface area (Å²) >= 11 is 0. The van der Waals surface area contributed by atoms with Crippen LogP contribution in [0.5, 0.6) is 5.75 Å². The summed E-state index contributed by atoms with van der Waals surface area (Å²) in [5.41, 5.74) is 0.789. The van der Waals surface area contributed by atoms with E-state index in [0.717, 1.165) is 22.1 Å². The van der Waals surface area contributed by atoms with Gasteiger partial charge in [0.2, 0.25) is 11.9 Å². The van der Waals surface area contributed by atoms with Crippen molar-refractivity contribution < 1.29 is 28.6 Å². The molecule has 2 rings (SSSR count). The summed E-state index contributed by atoms with van der Waals surface area (Å²) in [6, 6.07) is 9.86. The summed E-state index contributed by atoms with van der Waals surface area (Å²) in [4.78, 5) is 36.0. The van der Waals surface area contributed by atoms with Crippen molar-refractivity contribution in [2.45, 2.75) is 19.9 Å². The van der Waals surface area contributed by atoms with Crippen LogP contribution in [0.1, 0.15) is 19.4 Å². The van der Waals surface area contributed by atoms with E-state index >= 15 is 0 Å². The van der Waals surface area contributed by atoms with Crippen LogP contribution in [0.4, 0.5) is 0 Å².